The summed E-state index contributed by atoms with van der Waals surface area (Å²) in [7, 11) is 1.79. The predicted molar refractivity (Wildman–Crippen MR) is 111 cm³/mol. The van der Waals surface area contributed by atoms with E-state index < -0.39 is 0 Å². The van der Waals surface area contributed by atoms with Crippen LogP contribution in [0.1, 0.15) is 24.8 Å². The van der Waals surface area contributed by atoms with Crippen molar-refractivity contribution in [3.05, 3.63) is 23.8 Å². The van der Waals surface area contributed by atoms with Gasteiger partial charge in [-0.3, -0.25) is 9.79 Å². The molecule has 0 aromatic heterocycles. The Bertz CT molecular complexity index is 653. The molecule has 0 aliphatic carbocycles. The quantitative estimate of drug-likeness (QED) is 0.386. The number of carbonyl (C=O) groups excluding carboxylic acids is 1. The zero-order valence-electron chi connectivity index (χ0n) is 15.1. The number of carbonyl (C=O) groups is 1. The topological polar surface area (TPSA) is 89.2 Å². The number of nitrogens with one attached hydrogen (secondary N) is 1. The number of piperidine rings is 1. The first-order valence-corrected chi connectivity index (χ1v) is 8.78. The summed E-state index contributed by atoms with van der Waals surface area (Å²) in [6.07, 6.45) is 3.42. The Labute approximate surface area is 171 Å². The fraction of sp³-hybridized carbons (Fsp3) is 0.556. The van der Waals surface area contributed by atoms with Crippen LogP contribution in [0.25, 0.3) is 0 Å². The summed E-state index contributed by atoms with van der Waals surface area (Å²) < 4.78 is 10.7. The van der Waals surface area contributed by atoms with Crippen LogP contribution >= 0.6 is 24.0 Å². The summed E-state index contributed by atoms with van der Waals surface area (Å²) in [5.41, 5.74) is 6.53. The Morgan fingerprint density at radius 3 is 2.96 bits per heavy atom. The Balaban J connectivity index is 0.00000243. The average molecular weight is 474 g/mol. The van der Waals surface area contributed by atoms with E-state index in [1.807, 2.05) is 12.1 Å². The molecular formula is C18H27IN4O3. The molecule has 8 heteroatoms. The van der Waals surface area contributed by atoms with Crippen molar-refractivity contribution >= 4 is 35.8 Å². The van der Waals surface area contributed by atoms with Crippen LogP contribution in [-0.4, -0.2) is 50.2 Å². The van der Waals surface area contributed by atoms with Gasteiger partial charge < -0.3 is 25.4 Å². The summed E-state index contributed by atoms with van der Waals surface area (Å²) >= 11 is 0. The van der Waals surface area contributed by atoms with Gasteiger partial charge in [0.1, 0.15) is 0 Å². The molecule has 1 unspecified atom stereocenters. The number of hydrogen-bond donors (Lipinski definition) is 2. The number of rotatable bonds is 5. The largest absolute Gasteiger partial charge is 0.454 e. The lowest BCUT2D eigenvalue weighted by Crippen LogP contribution is -2.47. The van der Waals surface area contributed by atoms with Crippen LogP contribution in [0.3, 0.4) is 0 Å². The molecule has 1 aromatic carbocycles. The van der Waals surface area contributed by atoms with E-state index in [2.05, 4.69) is 21.3 Å². The van der Waals surface area contributed by atoms with Gasteiger partial charge in [0, 0.05) is 33.1 Å². The monoisotopic (exact) mass is 474 g/mol. The highest BCUT2D eigenvalue weighted by molar-refractivity contribution is 14.0. The van der Waals surface area contributed by atoms with E-state index in [0.29, 0.717) is 19.1 Å². The minimum Gasteiger partial charge on any atom is -0.454 e. The number of hydrogen-bond acceptors (Lipinski definition) is 4. The van der Waals surface area contributed by atoms with Crippen molar-refractivity contribution < 1.29 is 14.3 Å². The van der Waals surface area contributed by atoms with Crippen LogP contribution in [0.15, 0.2) is 23.2 Å². The van der Waals surface area contributed by atoms with Crippen molar-refractivity contribution in [2.75, 3.05) is 33.5 Å². The molecule has 0 radical (unpaired) electrons. The van der Waals surface area contributed by atoms with Gasteiger partial charge in [-0.1, -0.05) is 6.07 Å². The van der Waals surface area contributed by atoms with Crippen LogP contribution in [0.2, 0.25) is 0 Å². The van der Waals surface area contributed by atoms with E-state index in [1.54, 1.807) is 7.05 Å². The molecule has 1 aromatic rings. The van der Waals surface area contributed by atoms with Crippen molar-refractivity contribution in [3.63, 3.8) is 0 Å². The second kappa shape index (κ2) is 9.84. The third-order valence-electron chi connectivity index (χ3n) is 4.65. The minimum absolute atomic E-state index is 0. The lowest BCUT2D eigenvalue weighted by Gasteiger charge is -2.34. The first-order chi connectivity index (χ1) is 12.2. The minimum atomic E-state index is -0.224. The zero-order valence-corrected chi connectivity index (χ0v) is 17.4. The highest BCUT2D eigenvalue weighted by Gasteiger charge is 2.23. The first kappa shape index (κ1) is 20.6. The third kappa shape index (κ3) is 5.39. The first-order valence-electron chi connectivity index (χ1n) is 8.78. The molecule has 1 saturated heterocycles. The summed E-state index contributed by atoms with van der Waals surface area (Å²) in [6, 6.07) is 6.03. The number of amides is 1. The molecule has 26 heavy (non-hydrogen) atoms. The number of benzene rings is 1. The van der Waals surface area contributed by atoms with Gasteiger partial charge >= 0.3 is 0 Å². The number of ether oxygens (including phenoxy) is 2. The number of primary amides is 1. The summed E-state index contributed by atoms with van der Waals surface area (Å²) in [6.45, 7) is 2.86. The molecular weight excluding hydrogens is 447 g/mol. The van der Waals surface area contributed by atoms with E-state index in [-0.39, 0.29) is 29.9 Å². The molecule has 0 saturated carbocycles. The van der Waals surface area contributed by atoms with Crippen molar-refractivity contribution in [2.24, 2.45) is 16.6 Å². The molecule has 1 fully saturated rings. The van der Waals surface area contributed by atoms with Gasteiger partial charge in [-0.05, 0) is 42.9 Å². The van der Waals surface area contributed by atoms with Crippen molar-refractivity contribution in [1.29, 1.82) is 0 Å². The lowest BCUT2D eigenvalue weighted by molar-refractivity contribution is -0.119. The molecule has 1 atom stereocenters. The van der Waals surface area contributed by atoms with E-state index >= 15 is 0 Å². The van der Waals surface area contributed by atoms with Crippen LogP contribution < -0.4 is 20.5 Å². The third-order valence-corrected chi connectivity index (χ3v) is 4.65. The Hall–Kier alpha value is -1.71. The van der Waals surface area contributed by atoms with Gasteiger partial charge in [-0.25, -0.2) is 0 Å². The molecule has 2 aliphatic rings. The van der Waals surface area contributed by atoms with Crippen LogP contribution in [0.5, 0.6) is 11.5 Å². The number of likely N-dealkylation sites (tertiary alicyclic amines) is 1. The van der Waals surface area contributed by atoms with Gasteiger partial charge in [0.15, 0.2) is 17.5 Å². The standard InChI is InChI=1S/C18H26N4O3.HI/c1-20-18(22-8-2-3-14(11-22)10-17(19)23)21-7-6-13-4-5-15-16(9-13)25-12-24-15;/h4-5,9,14H,2-3,6-8,10-12H2,1H3,(H2,19,23)(H,20,21);1H. The maximum absolute atomic E-state index is 11.2. The molecule has 0 spiro atoms. The molecule has 2 aliphatic heterocycles. The van der Waals surface area contributed by atoms with Crippen LogP contribution in [-0.2, 0) is 11.2 Å². The number of aliphatic imine (C=N–C) groups is 1. The summed E-state index contributed by atoms with van der Waals surface area (Å²) in [5.74, 6) is 2.60. The van der Waals surface area contributed by atoms with Gasteiger partial charge in [0.05, 0.1) is 0 Å². The number of nitrogens with two attached hydrogens (primary N) is 1. The van der Waals surface area contributed by atoms with Gasteiger partial charge in [-0.15, -0.1) is 24.0 Å². The SMILES string of the molecule is CN=C(NCCc1ccc2c(c1)OCO2)N1CCCC(CC(N)=O)C1.I. The van der Waals surface area contributed by atoms with Crippen molar-refractivity contribution in [2.45, 2.75) is 25.7 Å². The smallest absolute Gasteiger partial charge is 0.231 e. The van der Waals surface area contributed by atoms with Crippen LogP contribution in [0, 0.1) is 5.92 Å². The Kier molecular flexibility index (Phi) is 7.80. The summed E-state index contributed by atoms with van der Waals surface area (Å²) in [5, 5.41) is 3.42. The fourth-order valence-electron chi connectivity index (χ4n) is 3.46. The highest BCUT2D eigenvalue weighted by Crippen LogP contribution is 2.32. The molecule has 3 N–H and O–H groups in total. The number of fused-ring (bicyclic) bond motifs is 1. The molecule has 1 amide bonds. The normalized spacial score (nSPS) is 19.0. The summed E-state index contributed by atoms with van der Waals surface area (Å²) in [4.78, 5) is 17.8. The maximum atomic E-state index is 11.2. The predicted octanol–water partition coefficient (Wildman–Crippen LogP) is 1.74. The molecule has 2 heterocycles. The highest BCUT2D eigenvalue weighted by atomic mass is 127. The molecule has 0 bridgehead atoms. The van der Waals surface area contributed by atoms with E-state index in [9.17, 15) is 4.79 Å². The number of guanidine groups is 1. The fourth-order valence-corrected chi connectivity index (χ4v) is 3.46. The second-order valence-electron chi connectivity index (χ2n) is 6.54. The van der Waals surface area contributed by atoms with Crippen molar-refractivity contribution in [1.82, 2.24) is 10.2 Å². The average Bonchev–Trinajstić information content (AvgIpc) is 3.06. The second-order valence-corrected chi connectivity index (χ2v) is 6.54. The zero-order chi connectivity index (χ0) is 17.6. The number of nitrogens with zero attached hydrogens (tertiary/aromatic N) is 2. The molecule has 3 rings (SSSR count). The van der Waals surface area contributed by atoms with E-state index in [4.69, 9.17) is 15.2 Å². The van der Waals surface area contributed by atoms with E-state index in [0.717, 1.165) is 56.4 Å². The van der Waals surface area contributed by atoms with Crippen molar-refractivity contribution in [3.8, 4) is 11.5 Å². The molecule has 144 valence electrons. The van der Waals surface area contributed by atoms with Gasteiger partial charge in [0.2, 0.25) is 12.7 Å². The Morgan fingerprint density at radius 2 is 2.19 bits per heavy atom. The van der Waals surface area contributed by atoms with E-state index in [1.165, 1.54) is 5.56 Å². The Morgan fingerprint density at radius 1 is 1.38 bits per heavy atom. The maximum Gasteiger partial charge on any atom is 0.231 e. The molecule has 7 nitrogen and oxygen atoms in total. The lowest BCUT2D eigenvalue weighted by atomic mass is 9.95. The van der Waals surface area contributed by atoms with Crippen LogP contribution in [0.4, 0.5) is 0 Å². The van der Waals surface area contributed by atoms with Gasteiger partial charge in [-0.2, -0.15) is 0 Å². The van der Waals surface area contributed by atoms with Gasteiger partial charge in [0.25, 0.3) is 0 Å². The number of halogens is 1.